The van der Waals surface area contributed by atoms with Crippen LogP contribution in [0.5, 0.6) is 5.75 Å². The summed E-state index contributed by atoms with van der Waals surface area (Å²) in [6.07, 6.45) is 6.55. The standard InChI is InChI=1S/C17H22N4O2/c1-12-8-13-14(9-15(12)23-10-16(18)22)19-11-20-17(13)21-6-4-2-3-5-7-21/h8-9,11H,2-7,10H2,1H3,(H2,18,22). The lowest BCUT2D eigenvalue weighted by Crippen LogP contribution is -2.25. The summed E-state index contributed by atoms with van der Waals surface area (Å²) in [5, 5.41) is 1.03. The van der Waals surface area contributed by atoms with Crippen molar-refractivity contribution in [1.82, 2.24) is 9.97 Å². The van der Waals surface area contributed by atoms with Gasteiger partial charge in [-0.1, -0.05) is 12.8 Å². The van der Waals surface area contributed by atoms with E-state index in [4.69, 9.17) is 10.5 Å². The van der Waals surface area contributed by atoms with Gasteiger partial charge in [0.05, 0.1) is 5.52 Å². The molecule has 0 spiro atoms. The fourth-order valence-corrected chi connectivity index (χ4v) is 3.02. The monoisotopic (exact) mass is 314 g/mol. The van der Waals surface area contributed by atoms with Crippen molar-refractivity contribution in [3.63, 3.8) is 0 Å². The van der Waals surface area contributed by atoms with Gasteiger partial charge in [-0.2, -0.15) is 0 Å². The maximum Gasteiger partial charge on any atom is 0.255 e. The van der Waals surface area contributed by atoms with Gasteiger partial charge in [0.15, 0.2) is 6.61 Å². The van der Waals surface area contributed by atoms with E-state index in [9.17, 15) is 4.79 Å². The number of carbonyl (C=O) groups is 1. The van der Waals surface area contributed by atoms with Crippen molar-refractivity contribution < 1.29 is 9.53 Å². The predicted molar refractivity (Wildman–Crippen MR) is 89.6 cm³/mol. The zero-order valence-electron chi connectivity index (χ0n) is 13.4. The van der Waals surface area contributed by atoms with Crippen LogP contribution in [0.4, 0.5) is 5.82 Å². The van der Waals surface area contributed by atoms with Gasteiger partial charge >= 0.3 is 0 Å². The number of aryl methyl sites for hydroxylation is 1. The van der Waals surface area contributed by atoms with Crippen molar-refractivity contribution in [1.29, 1.82) is 0 Å². The highest BCUT2D eigenvalue weighted by Crippen LogP contribution is 2.30. The molecular weight excluding hydrogens is 292 g/mol. The fourth-order valence-electron chi connectivity index (χ4n) is 3.02. The first-order valence-corrected chi connectivity index (χ1v) is 8.06. The van der Waals surface area contributed by atoms with Gasteiger partial charge in [0, 0.05) is 24.5 Å². The van der Waals surface area contributed by atoms with E-state index < -0.39 is 5.91 Å². The van der Waals surface area contributed by atoms with E-state index in [1.54, 1.807) is 6.33 Å². The lowest BCUT2D eigenvalue weighted by atomic mass is 10.1. The van der Waals surface area contributed by atoms with Gasteiger partial charge in [-0.3, -0.25) is 4.79 Å². The molecule has 1 aromatic carbocycles. The number of rotatable bonds is 4. The number of carbonyl (C=O) groups excluding carboxylic acids is 1. The molecule has 6 heteroatoms. The number of nitrogens with zero attached hydrogens (tertiary/aromatic N) is 3. The van der Waals surface area contributed by atoms with Crippen LogP contribution in [0.25, 0.3) is 10.9 Å². The van der Waals surface area contributed by atoms with Gasteiger partial charge < -0.3 is 15.4 Å². The Morgan fingerprint density at radius 2 is 1.96 bits per heavy atom. The number of amides is 1. The lowest BCUT2D eigenvalue weighted by molar-refractivity contribution is -0.119. The second-order valence-corrected chi connectivity index (χ2v) is 5.99. The van der Waals surface area contributed by atoms with Crippen LogP contribution in [0, 0.1) is 6.92 Å². The molecule has 1 aromatic heterocycles. The third-order valence-corrected chi connectivity index (χ3v) is 4.19. The first-order valence-electron chi connectivity index (χ1n) is 8.06. The van der Waals surface area contributed by atoms with Crippen LogP contribution in [0.3, 0.4) is 0 Å². The summed E-state index contributed by atoms with van der Waals surface area (Å²) in [5.74, 6) is 1.13. The molecule has 1 amide bonds. The molecule has 1 aliphatic rings. The van der Waals surface area contributed by atoms with Crippen molar-refractivity contribution in [2.75, 3.05) is 24.6 Å². The van der Waals surface area contributed by atoms with E-state index in [1.807, 2.05) is 19.1 Å². The van der Waals surface area contributed by atoms with Crippen molar-refractivity contribution in [3.05, 3.63) is 24.0 Å². The molecule has 6 nitrogen and oxygen atoms in total. The molecule has 2 heterocycles. The number of fused-ring (bicyclic) bond motifs is 1. The van der Waals surface area contributed by atoms with Gasteiger partial charge in [-0.25, -0.2) is 9.97 Å². The minimum atomic E-state index is -0.488. The van der Waals surface area contributed by atoms with Crippen LogP contribution < -0.4 is 15.4 Å². The largest absolute Gasteiger partial charge is 0.483 e. The first-order chi connectivity index (χ1) is 11.1. The second-order valence-electron chi connectivity index (χ2n) is 5.99. The topological polar surface area (TPSA) is 81.3 Å². The van der Waals surface area contributed by atoms with E-state index >= 15 is 0 Å². The Balaban J connectivity index is 1.97. The average molecular weight is 314 g/mol. The van der Waals surface area contributed by atoms with Gasteiger partial charge in [0.1, 0.15) is 17.9 Å². The highest BCUT2D eigenvalue weighted by atomic mass is 16.5. The Morgan fingerprint density at radius 1 is 1.22 bits per heavy atom. The molecule has 122 valence electrons. The molecular formula is C17H22N4O2. The molecule has 0 saturated carbocycles. The smallest absolute Gasteiger partial charge is 0.255 e. The van der Waals surface area contributed by atoms with Crippen molar-refractivity contribution in [2.45, 2.75) is 32.6 Å². The predicted octanol–water partition coefficient (Wildman–Crippen LogP) is 2.18. The van der Waals surface area contributed by atoms with E-state index in [2.05, 4.69) is 14.9 Å². The Bertz CT molecular complexity index is 709. The maximum absolute atomic E-state index is 10.9. The Labute approximate surface area is 135 Å². The Hall–Kier alpha value is -2.37. The van der Waals surface area contributed by atoms with Crippen molar-refractivity contribution in [2.24, 2.45) is 5.73 Å². The van der Waals surface area contributed by atoms with Gasteiger partial charge in [-0.15, -0.1) is 0 Å². The fraction of sp³-hybridized carbons (Fsp3) is 0.471. The van der Waals surface area contributed by atoms with E-state index in [0.717, 1.165) is 35.4 Å². The molecule has 1 saturated heterocycles. The normalized spacial score (nSPS) is 15.4. The summed E-state index contributed by atoms with van der Waals surface area (Å²) in [6.45, 7) is 3.89. The van der Waals surface area contributed by atoms with Crippen LogP contribution in [0.1, 0.15) is 31.2 Å². The average Bonchev–Trinajstić information content (AvgIpc) is 2.81. The summed E-state index contributed by atoms with van der Waals surface area (Å²) >= 11 is 0. The van der Waals surface area contributed by atoms with Crippen molar-refractivity contribution in [3.8, 4) is 5.75 Å². The summed E-state index contributed by atoms with van der Waals surface area (Å²) in [5.41, 5.74) is 6.92. The van der Waals surface area contributed by atoms with Crippen LogP contribution in [0.2, 0.25) is 0 Å². The van der Waals surface area contributed by atoms with E-state index in [1.165, 1.54) is 25.7 Å². The molecule has 1 fully saturated rings. The van der Waals surface area contributed by atoms with Crippen LogP contribution in [-0.4, -0.2) is 35.6 Å². The zero-order chi connectivity index (χ0) is 16.2. The summed E-state index contributed by atoms with van der Waals surface area (Å²) in [7, 11) is 0. The zero-order valence-corrected chi connectivity index (χ0v) is 13.4. The van der Waals surface area contributed by atoms with Crippen molar-refractivity contribution >= 4 is 22.6 Å². The number of anilines is 1. The van der Waals surface area contributed by atoms with Crippen LogP contribution in [-0.2, 0) is 4.79 Å². The number of ether oxygens (including phenoxy) is 1. The molecule has 1 aliphatic heterocycles. The highest BCUT2D eigenvalue weighted by Gasteiger charge is 2.16. The van der Waals surface area contributed by atoms with Gasteiger partial charge in [0.25, 0.3) is 5.91 Å². The highest BCUT2D eigenvalue weighted by molar-refractivity contribution is 5.91. The molecule has 2 aromatic rings. The Kier molecular flexibility index (Phi) is 4.60. The minimum absolute atomic E-state index is 0.129. The molecule has 0 unspecified atom stereocenters. The number of hydrogen-bond acceptors (Lipinski definition) is 5. The van der Waals surface area contributed by atoms with Gasteiger partial charge in [0.2, 0.25) is 0 Å². The van der Waals surface area contributed by atoms with Gasteiger partial charge in [-0.05, 0) is 31.4 Å². The Morgan fingerprint density at radius 3 is 2.65 bits per heavy atom. The van der Waals surface area contributed by atoms with Crippen LogP contribution in [0.15, 0.2) is 18.5 Å². The summed E-state index contributed by atoms with van der Waals surface area (Å²) in [6, 6.07) is 3.89. The molecule has 2 N–H and O–H groups in total. The SMILES string of the molecule is Cc1cc2c(N3CCCCCC3)ncnc2cc1OCC(N)=O. The number of benzene rings is 1. The summed E-state index contributed by atoms with van der Waals surface area (Å²) < 4.78 is 5.46. The molecule has 3 rings (SSSR count). The third-order valence-electron chi connectivity index (χ3n) is 4.19. The second kappa shape index (κ2) is 6.81. The number of primary amides is 1. The molecule has 0 radical (unpaired) electrons. The van der Waals surface area contributed by atoms with E-state index in [-0.39, 0.29) is 6.61 Å². The third kappa shape index (κ3) is 3.52. The number of hydrogen-bond donors (Lipinski definition) is 1. The first kappa shape index (κ1) is 15.5. The van der Waals surface area contributed by atoms with E-state index in [0.29, 0.717) is 5.75 Å². The number of nitrogens with two attached hydrogens (primary N) is 1. The molecule has 0 atom stereocenters. The maximum atomic E-state index is 10.9. The molecule has 23 heavy (non-hydrogen) atoms. The number of aromatic nitrogens is 2. The minimum Gasteiger partial charge on any atom is -0.483 e. The lowest BCUT2D eigenvalue weighted by Gasteiger charge is -2.23. The summed E-state index contributed by atoms with van der Waals surface area (Å²) in [4.78, 5) is 22.1. The van der Waals surface area contributed by atoms with Crippen LogP contribution >= 0.6 is 0 Å². The molecule has 0 aliphatic carbocycles. The quantitative estimate of drug-likeness (QED) is 0.935. The molecule has 0 bridgehead atoms.